The second kappa shape index (κ2) is 2.15. The summed E-state index contributed by atoms with van der Waals surface area (Å²) in [5.41, 5.74) is 4.46. The van der Waals surface area contributed by atoms with Gasteiger partial charge in [0.05, 0.1) is 12.2 Å². The van der Waals surface area contributed by atoms with Crippen LogP contribution in [-0.2, 0) is 0 Å². The third-order valence-electron chi connectivity index (χ3n) is 2.28. The van der Waals surface area contributed by atoms with Crippen LogP contribution in [0.3, 0.4) is 0 Å². The Morgan fingerprint density at radius 2 is 2.42 bits per heavy atom. The van der Waals surface area contributed by atoms with Crippen molar-refractivity contribution in [2.45, 2.75) is 0 Å². The van der Waals surface area contributed by atoms with Crippen molar-refractivity contribution in [2.24, 2.45) is 0 Å². The minimum absolute atomic E-state index is 0.961. The lowest BCUT2D eigenvalue weighted by atomic mass is 10.3. The Labute approximate surface area is 70.8 Å². The average Bonchev–Trinajstić information content (AvgIpc) is 2.62. The zero-order chi connectivity index (χ0) is 7.97. The molecule has 0 saturated carbocycles. The van der Waals surface area contributed by atoms with Gasteiger partial charge in [-0.3, -0.25) is 10.4 Å². The van der Waals surface area contributed by atoms with Crippen LogP contribution in [0.5, 0.6) is 0 Å². The Balaban J connectivity index is 1.91. The number of hydrogen-bond acceptors (Lipinski definition) is 5. The fourth-order valence-electron chi connectivity index (χ4n) is 1.72. The lowest BCUT2D eigenvalue weighted by Crippen LogP contribution is -2.52. The maximum atomic E-state index is 3.33. The standard InChI is InChI=1S/C7H11N5/c1-4-11-7(5-8-1)6-10-3-2-9-12(10)11/h2-3,6,8-9H,1,4-5H2. The largest absolute Gasteiger partial charge is 0.309 e. The van der Waals surface area contributed by atoms with Crippen LogP contribution in [0.2, 0.25) is 0 Å². The Bertz CT molecular complexity index is 259. The molecule has 5 nitrogen and oxygen atoms in total. The van der Waals surface area contributed by atoms with E-state index < -0.39 is 0 Å². The Morgan fingerprint density at radius 3 is 3.42 bits per heavy atom. The lowest BCUT2D eigenvalue weighted by Gasteiger charge is -2.34. The third-order valence-corrected chi connectivity index (χ3v) is 2.28. The second-order valence-electron chi connectivity index (χ2n) is 3.03. The van der Waals surface area contributed by atoms with E-state index in [1.165, 1.54) is 5.70 Å². The van der Waals surface area contributed by atoms with Gasteiger partial charge in [0.25, 0.3) is 0 Å². The fraction of sp³-hybridized carbons (Fsp3) is 0.429. The van der Waals surface area contributed by atoms with E-state index in [9.17, 15) is 0 Å². The minimum Gasteiger partial charge on any atom is -0.309 e. The molecular formula is C7H11N5. The van der Waals surface area contributed by atoms with E-state index >= 15 is 0 Å². The summed E-state index contributed by atoms with van der Waals surface area (Å²) in [6, 6.07) is 0. The summed E-state index contributed by atoms with van der Waals surface area (Å²) in [5, 5.41) is 9.62. The van der Waals surface area contributed by atoms with Crippen molar-refractivity contribution in [2.75, 3.05) is 19.6 Å². The molecule has 0 aromatic carbocycles. The molecule has 0 aliphatic carbocycles. The van der Waals surface area contributed by atoms with Gasteiger partial charge in [-0.05, 0) is 5.23 Å². The van der Waals surface area contributed by atoms with Crippen molar-refractivity contribution in [3.8, 4) is 0 Å². The van der Waals surface area contributed by atoms with E-state index in [0.717, 1.165) is 19.6 Å². The number of hydrazine groups is 3. The predicted octanol–water partition coefficient (Wildman–Crippen LogP) is -0.830. The quantitative estimate of drug-likeness (QED) is 0.489. The number of nitrogens with one attached hydrogen (secondary N) is 2. The van der Waals surface area contributed by atoms with Gasteiger partial charge in [0.2, 0.25) is 0 Å². The van der Waals surface area contributed by atoms with Gasteiger partial charge in [0, 0.05) is 31.7 Å². The van der Waals surface area contributed by atoms with Crippen molar-refractivity contribution < 1.29 is 0 Å². The summed E-state index contributed by atoms with van der Waals surface area (Å²) in [5.74, 6) is 0. The summed E-state index contributed by atoms with van der Waals surface area (Å²) >= 11 is 0. The van der Waals surface area contributed by atoms with Crippen molar-refractivity contribution in [1.29, 1.82) is 0 Å². The van der Waals surface area contributed by atoms with Crippen LogP contribution in [-0.4, -0.2) is 34.9 Å². The van der Waals surface area contributed by atoms with Crippen LogP contribution < -0.4 is 10.7 Å². The molecule has 12 heavy (non-hydrogen) atoms. The Hall–Kier alpha value is -1.20. The smallest absolute Gasteiger partial charge is 0.0650 e. The van der Waals surface area contributed by atoms with Crippen LogP contribution in [0.4, 0.5) is 0 Å². The van der Waals surface area contributed by atoms with Crippen LogP contribution in [0, 0.1) is 0 Å². The van der Waals surface area contributed by atoms with Crippen LogP contribution >= 0.6 is 0 Å². The minimum atomic E-state index is 0.961. The summed E-state index contributed by atoms with van der Waals surface area (Å²) in [6.45, 7) is 3.03. The maximum absolute atomic E-state index is 3.33. The molecule has 0 amide bonds. The number of piperazine rings is 1. The summed E-state index contributed by atoms with van der Waals surface area (Å²) < 4.78 is 0. The molecule has 0 atom stereocenters. The van der Waals surface area contributed by atoms with Crippen LogP contribution in [0.15, 0.2) is 24.3 Å². The first-order valence-corrected chi connectivity index (χ1v) is 4.15. The molecule has 0 spiro atoms. The third kappa shape index (κ3) is 0.693. The molecule has 0 radical (unpaired) electrons. The highest BCUT2D eigenvalue weighted by Gasteiger charge is 2.32. The van der Waals surface area contributed by atoms with Crippen molar-refractivity contribution >= 4 is 0 Å². The molecule has 5 heteroatoms. The molecule has 3 aliphatic heterocycles. The molecule has 3 aliphatic rings. The summed E-state index contributed by atoms with van der Waals surface area (Å²) in [7, 11) is 0. The van der Waals surface area contributed by atoms with Gasteiger partial charge in [-0.15, -0.1) is 0 Å². The van der Waals surface area contributed by atoms with Crippen molar-refractivity contribution in [1.82, 2.24) is 26.0 Å². The van der Waals surface area contributed by atoms with E-state index in [-0.39, 0.29) is 0 Å². The van der Waals surface area contributed by atoms with Gasteiger partial charge in [-0.2, -0.15) is 0 Å². The molecular weight excluding hydrogens is 154 g/mol. The zero-order valence-corrected chi connectivity index (χ0v) is 6.70. The molecule has 0 aromatic heterocycles. The first kappa shape index (κ1) is 6.33. The first-order valence-electron chi connectivity index (χ1n) is 4.15. The van der Waals surface area contributed by atoms with Gasteiger partial charge < -0.3 is 5.32 Å². The molecule has 64 valence electrons. The van der Waals surface area contributed by atoms with Gasteiger partial charge in [-0.1, -0.05) is 0 Å². The van der Waals surface area contributed by atoms with Crippen LogP contribution in [0.1, 0.15) is 0 Å². The number of hydrogen-bond donors (Lipinski definition) is 2. The Morgan fingerprint density at radius 1 is 1.42 bits per heavy atom. The average molecular weight is 165 g/mol. The van der Waals surface area contributed by atoms with E-state index in [1.807, 2.05) is 22.6 Å². The lowest BCUT2D eigenvalue weighted by molar-refractivity contribution is -0.111. The fourth-order valence-corrected chi connectivity index (χ4v) is 1.72. The summed E-state index contributed by atoms with van der Waals surface area (Å²) in [6.07, 6.45) is 6.06. The van der Waals surface area contributed by atoms with Gasteiger partial charge >= 0.3 is 0 Å². The maximum Gasteiger partial charge on any atom is 0.0650 e. The molecule has 3 heterocycles. The first-order chi connectivity index (χ1) is 5.95. The zero-order valence-electron chi connectivity index (χ0n) is 6.70. The van der Waals surface area contributed by atoms with E-state index in [4.69, 9.17) is 0 Å². The van der Waals surface area contributed by atoms with E-state index in [1.54, 1.807) is 0 Å². The topological polar surface area (TPSA) is 33.8 Å². The normalized spacial score (nSPS) is 26.8. The highest BCUT2D eigenvalue weighted by atomic mass is 16.0. The molecule has 3 rings (SSSR count). The number of rotatable bonds is 0. The predicted molar refractivity (Wildman–Crippen MR) is 43.6 cm³/mol. The summed E-state index contributed by atoms with van der Waals surface area (Å²) in [4.78, 5) is 0. The highest BCUT2D eigenvalue weighted by molar-refractivity contribution is 5.12. The SMILES string of the molecule is C1=CN2C=C3CNCCN3N2N1. The van der Waals surface area contributed by atoms with E-state index in [2.05, 4.69) is 22.0 Å². The van der Waals surface area contributed by atoms with Crippen molar-refractivity contribution in [3.05, 3.63) is 24.3 Å². The van der Waals surface area contributed by atoms with Gasteiger partial charge in [0.15, 0.2) is 0 Å². The Kier molecular flexibility index (Phi) is 1.13. The van der Waals surface area contributed by atoms with Gasteiger partial charge in [-0.25, -0.2) is 5.01 Å². The van der Waals surface area contributed by atoms with E-state index in [0.29, 0.717) is 0 Å². The second-order valence-corrected chi connectivity index (χ2v) is 3.03. The number of fused-ring (bicyclic) bond motifs is 3. The molecule has 0 bridgehead atoms. The monoisotopic (exact) mass is 165 g/mol. The van der Waals surface area contributed by atoms with Gasteiger partial charge in [0.1, 0.15) is 0 Å². The van der Waals surface area contributed by atoms with Crippen molar-refractivity contribution in [3.63, 3.8) is 0 Å². The molecule has 1 saturated heterocycles. The molecule has 2 N–H and O–H groups in total. The molecule has 0 aromatic rings. The highest BCUT2D eigenvalue weighted by Crippen LogP contribution is 2.22. The number of nitrogens with zero attached hydrogens (tertiary/aromatic N) is 3. The molecule has 0 unspecified atom stereocenters. The molecule has 1 fully saturated rings. The van der Waals surface area contributed by atoms with Crippen LogP contribution in [0.25, 0.3) is 0 Å².